The SMILES string of the molecule is Cc1c(NC(=O)[C@H]2COc3ccccc3O2)cccc1C(=O)N1CCc2sccc2C1. The van der Waals surface area contributed by atoms with E-state index in [0.29, 0.717) is 35.8 Å². The summed E-state index contributed by atoms with van der Waals surface area (Å²) in [7, 11) is 0. The highest BCUT2D eigenvalue weighted by molar-refractivity contribution is 7.10. The van der Waals surface area contributed by atoms with E-state index in [2.05, 4.69) is 16.8 Å². The van der Waals surface area contributed by atoms with Crippen LogP contribution in [0.25, 0.3) is 0 Å². The number of hydrogen-bond donors (Lipinski definition) is 1. The van der Waals surface area contributed by atoms with Crippen molar-refractivity contribution in [1.29, 1.82) is 0 Å². The van der Waals surface area contributed by atoms with E-state index in [0.717, 1.165) is 12.0 Å². The molecule has 0 saturated carbocycles. The number of amides is 2. The van der Waals surface area contributed by atoms with Crippen molar-refractivity contribution in [2.45, 2.75) is 26.0 Å². The summed E-state index contributed by atoms with van der Waals surface area (Å²) in [4.78, 5) is 29.2. The molecule has 1 atom stereocenters. The van der Waals surface area contributed by atoms with E-state index in [-0.39, 0.29) is 18.4 Å². The molecule has 2 amide bonds. The summed E-state index contributed by atoms with van der Waals surface area (Å²) in [5.41, 5.74) is 3.17. The Hall–Kier alpha value is -3.32. The first-order chi connectivity index (χ1) is 15.1. The molecule has 31 heavy (non-hydrogen) atoms. The molecule has 6 nitrogen and oxygen atoms in total. The second-order valence-corrected chi connectivity index (χ2v) is 8.68. The number of nitrogens with zero attached hydrogens (tertiary/aromatic N) is 1. The van der Waals surface area contributed by atoms with E-state index >= 15 is 0 Å². The smallest absolute Gasteiger partial charge is 0.269 e. The van der Waals surface area contributed by atoms with E-state index in [1.54, 1.807) is 29.5 Å². The predicted octanol–water partition coefficient (Wildman–Crippen LogP) is 4.03. The number of benzene rings is 2. The summed E-state index contributed by atoms with van der Waals surface area (Å²) < 4.78 is 11.4. The minimum absolute atomic E-state index is 0.0170. The number of carbonyl (C=O) groups is 2. The van der Waals surface area contributed by atoms with Crippen LogP contribution in [0.2, 0.25) is 0 Å². The predicted molar refractivity (Wildman–Crippen MR) is 119 cm³/mol. The minimum Gasteiger partial charge on any atom is -0.485 e. The highest BCUT2D eigenvalue weighted by Crippen LogP contribution is 2.32. The number of rotatable bonds is 3. The van der Waals surface area contributed by atoms with E-state index in [4.69, 9.17) is 9.47 Å². The van der Waals surface area contributed by atoms with Crippen LogP contribution in [0.4, 0.5) is 5.69 Å². The van der Waals surface area contributed by atoms with Crippen molar-refractivity contribution in [1.82, 2.24) is 4.90 Å². The fraction of sp³-hybridized carbons (Fsp3) is 0.250. The van der Waals surface area contributed by atoms with E-state index < -0.39 is 6.10 Å². The van der Waals surface area contributed by atoms with Crippen LogP contribution in [0.1, 0.15) is 26.4 Å². The van der Waals surface area contributed by atoms with Crippen LogP contribution >= 0.6 is 11.3 Å². The molecule has 0 saturated heterocycles. The van der Waals surface area contributed by atoms with Crippen molar-refractivity contribution in [3.8, 4) is 11.5 Å². The van der Waals surface area contributed by atoms with E-state index in [1.165, 1.54) is 10.4 Å². The molecule has 3 aromatic rings. The number of carbonyl (C=O) groups excluding carboxylic acids is 2. The fourth-order valence-corrected chi connectivity index (χ4v) is 4.85. The molecule has 0 aliphatic carbocycles. The third-order valence-electron chi connectivity index (χ3n) is 5.72. The maximum atomic E-state index is 13.2. The van der Waals surface area contributed by atoms with Gasteiger partial charge in [-0.2, -0.15) is 0 Å². The summed E-state index contributed by atoms with van der Waals surface area (Å²) in [5.74, 6) is 0.859. The van der Waals surface area contributed by atoms with Gasteiger partial charge in [-0.05, 0) is 60.2 Å². The molecule has 5 rings (SSSR count). The van der Waals surface area contributed by atoms with Crippen LogP contribution in [0.3, 0.4) is 0 Å². The molecular formula is C24H22N2O4S. The number of thiophene rings is 1. The molecule has 1 N–H and O–H groups in total. The van der Waals surface area contributed by atoms with E-state index in [9.17, 15) is 9.59 Å². The zero-order valence-corrected chi connectivity index (χ0v) is 17.9. The lowest BCUT2D eigenvalue weighted by molar-refractivity contribution is -0.125. The Morgan fingerprint density at radius 2 is 1.94 bits per heavy atom. The Balaban J connectivity index is 1.31. The van der Waals surface area contributed by atoms with Gasteiger partial charge in [0.05, 0.1) is 0 Å². The molecular weight excluding hydrogens is 412 g/mol. The summed E-state index contributed by atoms with van der Waals surface area (Å²) in [5, 5.41) is 4.99. The van der Waals surface area contributed by atoms with Gasteiger partial charge < -0.3 is 19.7 Å². The van der Waals surface area contributed by atoms with Crippen molar-refractivity contribution in [3.05, 3.63) is 75.5 Å². The lowest BCUT2D eigenvalue weighted by Crippen LogP contribution is -2.40. The maximum Gasteiger partial charge on any atom is 0.269 e. The third-order valence-corrected chi connectivity index (χ3v) is 6.74. The monoisotopic (exact) mass is 434 g/mol. The van der Waals surface area contributed by atoms with Crippen molar-refractivity contribution < 1.29 is 19.1 Å². The number of anilines is 1. The van der Waals surface area contributed by atoms with Crippen LogP contribution in [-0.2, 0) is 17.8 Å². The average molecular weight is 435 g/mol. The van der Waals surface area contributed by atoms with Gasteiger partial charge in [0, 0.05) is 29.2 Å². The van der Waals surface area contributed by atoms with Gasteiger partial charge in [-0.15, -0.1) is 11.3 Å². The second-order valence-electron chi connectivity index (χ2n) is 7.68. The van der Waals surface area contributed by atoms with E-state index in [1.807, 2.05) is 36.1 Å². The quantitative estimate of drug-likeness (QED) is 0.676. The lowest BCUT2D eigenvalue weighted by Gasteiger charge is -2.28. The fourth-order valence-electron chi connectivity index (χ4n) is 3.96. The zero-order valence-electron chi connectivity index (χ0n) is 17.1. The largest absolute Gasteiger partial charge is 0.485 e. The number of para-hydroxylation sites is 2. The van der Waals surface area contributed by atoms with Crippen LogP contribution < -0.4 is 14.8 Å². The average Bonchev–Trinajstić information content (AvgIpc) is 3.27. The van der Waals surface area contributed by atoms with Crippen LogP contribution in [0, 0.1) is 6.92 Å². The molecule has 0 spiro atoms. The summed E-state index contributed by atoms with van der Waals surface area (Å²) in [6.07, 6.45) is 0.127. The van der Waals surface area contributed by atoms with Crippen LogP contribution in [0.5, 0.6) is 11.5 Å². The first-order valence-corrected chi connectivity index (χ1v) is 11.1. The molecule has 2 aliphatic rings. The highest BCUT2D eigenvalue weighted by atomic mass is 32.1. The lowest BCUT2D eigenvalue weighted by atomic mass is 10.0. The Morgan fingerprint density at radius 3 is 2.81 bits per heavy atom. The molecule has 3 heterocycles. The zero-order chi connectivity index (χ0) is 21.4. The summed E-state index contributed by atoms with van der Waals surface area (Å²) in [6.45, 7) is 3.32. The van der Waals surface area contributed by atoms with Gasteiger partial charge in [0.15, 0.2) is 11.5 Å². The molecule has 1 aromatic heterocycles. The molecule has 158 valence electrons. The Morgan fingerprint density at radius 1 is 1.10 bits per heavy atom. The highest BCUT2D eigenvalue weighted by Gasteiger charge is 2.29. The number of hydrogen-bond acceptors (Lipinski definition) is 5. The number of ether oxygens (including phenoxy) is 2. The van der Waals surface area contributed by atoms with Crippen LogP contribution in [-0.4, -0.2) is 36.0 Å². The molecule has 2 aliphatic heterocycles. The Kier molecular flexibility index (Phi) is 5.11. The Bertz CT molecular complexity index is 1160. The topological polar surface area (TPSA) is 67.9 Å². The van der Waals surface area contributed by atoms with Gasteiger partial charge in [0.25, 0.3) is 11.8 Å². The summed E-state index contributed by atoms with van der Waals surface area (Å²) >= 11 is 1.75. The first kappa shape index (κ1) is 19.6. The minimum atomic E-state index is -0.757. The van der Waals surface area contributed by atoms with Gasteiger partial charge in [-0.1, -0.05) is 18.2 Å². The van der Waals surface area contributed by atoms with Gasteiger partial charge in [-0.3, -0.25) is 9.59 Å². The second kappa shape index (κ2) is 8.07. The number of nitrogens with one attached hydrogen (secondary N) is 1. The first-order valence-electron chi connectivity index (χ1n) is 10.2. The molecule has 0 fully saturated rings. The summed E-state index contributed by atoms with van der Waals surface area (Å²) in [6, 6.07) is 14.8. The third kappa shape index (κ3) is 3.77. The molecule has 7 heteroatoms. The molecule has 2 aromatic carbocycles. The number of fused-ring (bicyclic) bond motifs is 2. The van der Waals surface area contributed by atoms with Crippen LogP contribution in [0.15, 0.2) is 53.9 Å². The van der Waals surface area contributed by atoms with Gasteiger partial charge in [0.1, 0.15) is 6.61 Å². The van der Waals surface area contributed by atoms with Crippen molar-refractivity contribution in [2.75, 3.05) is 18.5 Å². The standard InChI is InChI=1S/C24H22N2O4S/c1-15-17(24(28)26-11-9-22-16(13-26)10-12-31-22)5-4-6-18(15)25-23(27)21-14-29-19-7-2-3-8-20(19)30-21/h2-8,10,12,21H,9,11,13-14H2,1H3,(H,25,27)/t21-/m1/s1. The van der Waals surface area contributed by atoms with Gasteiger partial charge >= 0.3 is 0 Å². The van der Waals surface area contributed by atoms with Gasteiger partial charge in [0.2, 0.25) is 6.10 Å². The molecule has 0 radical (unpaired) electrons. The van der Waals surface area contributed by atoms with Crippen molar-refractivity contribution >= 4 is 28.8 Å². The van der Waals surface area contributed by atoms with Crippen molar-refractivity contribution in [3.63, 3.8) is 0 Å². The Labute approximate surface area is 184 Å². The maximum absolute atomic E-state index is 13.2. The molecule has 0 unspecified atom stereocenters. The van der Waals surface area contributed by atoms with Crippen molar-refractivity contribution in [2.24, 2.45) is 0 Å². The van der Waals surface area contributed by atoms with Gasteiger partial charge in [-0.25, -0.2) is 0 Å². The molecule has 0 bridgehead atoms. The normalized spacial score (nSPS) is 17.1.